The highest BCUT2D eigenvalue weighted by Crippen LogP contribution is 2.23. The molecule has 1 aliphatic carbocycles. The standard InChI is InChI=1S/C16H23NO2/c1-11-7-8-12(2)14(9-11)16(19)17-10-13-5-3-4-6-15(13)18/h7-9,13,15,18H,3-6,10H2,1-2H3,(H,17,19). The first kappa shape index (κ1) is 14.1. The smallest absolute Gasteiger partial charge is 0.251 e. The summed E-state index contributed by atoms with van der Waals surface area (Å²) in [4.78, 5) is 12.2. The lowest BCUT2D eigenvalue weighted by Crippen LogP contribution is -2.36. The minimum absolute atomic E-state index is 0.0287. The van der Waals surface area contributed by atoms with Crippen LogP contribution < -0.4 is 5.32 Å². The van der Waals surface area contributed by atoms with Crippen LogP contribution in [0.5, 0.6) is 0 Å². The molecule has 0 heterocycles. The van der Waals surface area contributed by atoms with Gasteiger partial charge in [0.2, 0.25) is 0 Å². The van der Waals surface area contributed by atoms with E-state index in [2.05, 4.69) is 5.32 Å². The summed E-state index contributed by atoms with van der Waals surface area (Å²) in [6.07, 6.45) is 3.87. The minimum atomic E-state index is -0.257. The van der Waals surface area contributed by atoms with Gasteiger partial charge in [-0.3, -0.25) is 4.79 Å². The average molecular weight is 261 g/mol. The fourth-order valence-electron chi connectivity index (χ4n) is 2.73. The van der Waals surface area contributed by atoms with E-state index < -0.39 is 0 Å². The molecule has 0 aromatic heterocycles. The van der Waals surface area contributed by atoms with Crippen molar-refractivity contribution >= 4 is 5.91 Å². The van der Waals surface area contributed by atoms with Gasteiger partial charge in [0.25, 0.3) is 5.91 Å². The molecule has 0 spiro atoms. The fraction of sp³-hybridized carbons (Fsp3) is 0.562. The van der Waals surface area contributed by atoms with E-state index in [1.165, 1.54) is 0 Å². The second kappa shape index (κ2) is 6.20. The summed E-state index contributed by atoms with van der Waals surface area (Å²) in [6.45, 7) is 4.51. The maximum atomic E-state index is 12.2. The number of aryl methyl sites for hydroxylation is 2. The topological polar surface area (TPSA) is 49.3 Å². The summed E-state index contributed by atoms with van der Waals surface area (Å²) < 4.78 is 0. The molecule has 2 unspecified atom stereocenters. The number of amides is 1. The van der Waals surface area contributed by atoms with Gasteiger partial charge in [0.1, 0.15) is 0 Å². The van der Waals surface area contributed by atoms with Gasteiger partial charge in [0.15, 0.2) is 0 Å². The van der Waals surface area contributed by atoms with Crippen molar-refractivity contribution in [3.63, 3.8) is 0 Å². The number of hydrogen-bond donors (Lipinski definition) is 2. The van der Waals surface area contributed by atoms with Crippen molar-refractivity contribution in [3.05, 3.63) is 34.9 Å². The van der Waals surface area contributed by atoms with Crippen molar-refractivity contribution in [2.24, 2.45) is 5.92 Å². The number of aliphatic hydroxyl groups excluding tert-OH is 1. The van der Waals surface area contributed by atoms with Crippen LogP contribution in [0, 0.1) is 19.8 Å². The van der Waals surface area contributed by atoms with E-state index in [9.17, 15) is 9.90 Å². The van der Waals surface area contributed by atoms with Crippen LogP contribution in [-0.2, 0) is 0 Å². The highest BCUT2D eigenvalue weighted by Gasteiger charge is 2.23. The molecule has 0 bridgehead atoms. The Hall–Kier alpha value is -1.35. The van der Waals surface area contributed by atoms with Gasteiger partial charge in [-0.25, -0.2) is 0 Å². The van der Waals surface area contributed by atoms with E-state index in [0.29, 0.717) is 6.54 Å². The third kappa shape index (κ3) is 3.57. The molecule has 104 valence electrons. The Labute approximate surface area is 115 Å². The van der Waals surface area contributed by atoms with Crippen LogP contribution in [0.1, 0.15) is 47.2 Å². The average Bonchev–Trinajstić information content (AvgIpc) is 2.40. The molecule has 1 amide bonds. The zero-order valence-corrected chi connectivity index (χ0v) is 11.8. The molecule has 1 fully saturated rings. The Bertz CT molecular complexity index is 456. The largest absolute Gasteiger partial charge is 0.393 e. The highest BCUT2D eigenvalue weighted by atomic mass is 16.3. The van der Waals surface area contributed by atoms with Crippen molar-refractivity contribution in [2.45, 2.75) is 45.6 Å². The van der Waals surface area contributed by atoms with E-state index in [1.807, 2.05) is 32.0 Å². The number of rotatable bonds is 3. The number of carbonyl (C=O) groups excluding carboxylic acids is 1. The van der Waals surface area contributed by atoms with Crippen LogP contribution in [0.25, 0.3) is 0 Å². The van der Waals surface area contributed by atoms with Gasteiger partial charge in [-0.05, 0) is 38.3 Å². The first-order valence-electron chi connectivity index (χ1n) is 7.11. The first-order valence-corrected chi connectivity index (χ1v) is 7.11. The fourth-order valence-corrected chi connectivity index (χ4v) is 2.73. The van der Waals surface area contributed by atoms with Crippen molar-refractivity contribution in [1.29, 1.82) is 0 Å². The summed E-state index contributed by atoms with van der Waals surface area (Å²) in [5, 5.41) is 12.9. The third-order valence-electron chi connectivity index (χ3n) is 4.03. The van der Waals surface area contributed by atoms with Crippen molar-refractivity contribution < 1.29 is 9.90 Å². The van der Waals surface area contributed by atoms with E-state index >= 15 is 0 Å². The van der Waals surface area contributed by atoms with Gasteiger partial charge in [0, 0.05) is 18.0 Å². The van der Waals surface area contributed by atoms with Crippen LogP contribution >= 0.6 is 0 Å². The van der Waals surface area contributed by atoms with Gasteiger partial charge >= 0.3 is 0 Å². The van der Waals surface area contributed by atoms with Crippen LogP contribution in [0.4, 0.5) is 0 Å². The Kier molecular flexibility index (Phi) is 4.59. The molecule has 1 aliphatic rings. The summed E-state index contributed by atoms with van der Waals surface area (Å²) in [6, 6.07) is 5.90. The normalized spacial score (nSPS) is 23.1. The molecular weight excluding hydrogens is 238 g/mol. The van der Waals surface area contributed by atoms with Crippen LogP contribution in [0.2, 0.25) is 0 Å². The summed E-state index contributed by atoms with van der Waals surface area (Å²) in [5.41, 5.74) is 2.83. The first-order chi connectivity index (χ1) is 9.08. The predicted octanol–water partition coefficient (Wildman–Crippen LogP) is 2.58. The number of carbonyl (C=O) groups is 1. The monoisotopic (exact) mass is 261 g/mol. The second-order valence-corrected chi connectivity index (χ2v) is 5.64. The maximum absolute atomic E-state index is 12.2. The molecule has 2 atom stereocenters. The van der Waals surface area contributed by atoms with E-state index in [1.54, 1.807) is 0 Å². The summed E-state index contributed by atoms with van der Waals surface area (Å²) in [5.74, 6) is 0.182. The zero-order chi connectivity index (χ0) is 13.8. The molecule has 2 N–H and O–H groups in total. The van der Waals surface area contributed by atoms with E-state index in [-0.39, 0.29) is 17.9 Å². The Morgan fingerprint density at radius 2 is 2.05 bits per heavy atom. The molecule has 0 saturated heterocycles. The Morgan fingerprint density at radius 3 is 2.79 bits per heavy atom. The molecule has 2 rings (SSSR count). The predicted molar refractivity (Wildman–Crippen MR) is 76.2 cm³/mol. The molecule has 1 aromatic carbocycles. The van der Waals surface area contributed by atoms with Crippen molar-refractivity contribution in [2.75, 3.05) is 6.54 Å². The number of aliphatic hydroxyl groups is 1. The molecular formula is C16H23NO2. The summed E-state index contributed by atoms with van der Waals surface area (Å²) >= 11 is 0. The Balaban J connectivity index is 1.95. The molecule has 0 radical (unpaired) electrons. The third-order valence-corrected chi connectivity index (χ3v) is 4.03. The van der Waals surface area contributed by atoms with Crippen molar-refractivity contribution in [1.82, 2.24) is 5.32 Å². The molecule has 0 aliphatic heterocycles. The number of hydrogen-bond acceptors (Lipinski definition) is 2. The lowest BCUT2D eigenvalue weighted by Gasteiger charge is -2.27. The molecule has 1 saturated carbocycles. The van der Waals surface area contributed by atoms with Gasteiger partial charge in [-0.15, -0.1) is 0 Å². The highest BCUT2D eigenvalue weighted by molar-refractivity contribution is 5.95. The minimum Gasteiger partial charge on any atom is -0.393 e. The Morgan fingerprint density at radius 1 is 1.32 bits per heavy atom. The lowest BCUT2D eigenvalue weighted by molar-refractivity contribution is 0.0663. The van der Waals surface area contributed by atoms with Crippen molar-refractivity contribution in [3.8, 4) is 0 Å². The van der Waals surface area contributed by atoms with Gasteiger partial charge in [0.05, 0.1) is 6.10 Å². The molecule has 3 heteroatoms. The van der Waals surface area contributed by atoms with Gasteiger partial charge < -0.3 is 10.4 Å². The second-order valence-electron chi connectivity index (χ2n) is 5.64. The summed E-state index contributed by atoms with van der Waals surface area (Å²) in [7, 11) is 0. The number of benzene rings is 1. The van der Waals surface area contributed by atoms with Crippen LogP contribution in [0.3, 0.4) is 0 Å². The SMILES string of the molecule is Cc1ccc(C)c(C(=O)NCC2CCCCC2O)c1. The van der Waals surface area contributed by atoms with Crippen LogP contribution in [-0.4, -0.2) is 23.7 Å². The maximum Gasteiger partial charge on any atom is 0.251 e. The zero-order valence-electron chi connectivity index (χ0n) is 11.8. The number of nitrogens with one attached hydrogen (secondary N) is 1. The molecule has 1 aromatic rings. The molecule has 3 nitrogen and oxygen atoms in total. The van der Waals surface area contributed by atoms with Gasteiger partial charge in [-0.2, -0.15) is 0 Å². The lowest BCUT2D eigenvalue weighted by atomic mass is 9.86. The molecule has 19 heavy (non-hydrogen) atoms. The quantitative estimate of drug-likeness (QED) is 0.878. The van der Waals surface area contributed by atoms with Crippen LogP contribution in [0.15, 0.2) is 18.2 Å². The van der Waals surface area contributed by atoms with E-state index in [4.69, 9.17) is 0 Å². The van der Waals surface area contributed by atoms with E-state index in [0.717, 1.165) is 42.4 Å². The van der Waals surface area contributed by atoms with Gasteiger partial charge in [-0.1, -0.05) is 30.5 Å².